The Balaban J connectivity index is 2.29. The Morgan fingerprint density at radius 1 is 1.00 bits per heavy atom. The summed E-state index contributed by atoms with van der Waals surface area (Å²) in [5.74, 6) is -3.45. The summed E-state index contributed by atoms with van der Waals surface area (Å²) in [6, 6.07) is 10.6. The Morgan fingerprint density at radius 3 is 2.17 bits per heavy atom. The van der Waals surface area contributed by atoms with Crippen LogP contribution in [0.25, 0.3) is 0 Å². The van der Waals surface area contributed by atoms with Gasteiger partial charge in [0.25, 0.3) is 5.91 Å². The number of nitrogens with one attached hydrogen (secondary N) is 1. The molecule has 0 aliphatic heterocycles. The molecule has 8 heteroatoms. The number of rotatable bonds is 4. The van der Waals surface area contributed by atoms with Crippen LogP contribution in [0.3, 0.4) is 0 Å². The molecule has 1 amide bonds. The number of ketones is 1. The third kappa shape index (κ3) is 4.00. The minimum Gasteiger partial charge on any atom is -0.318 e. The highest BCUT2D eigenvalue weighted by atomic mass is 35.5. The van der Waals surface area contributed by atoms with E-state index in [1.165, 1.54) is 30.3 Å². The Labute approximate surface area is 157 Å². The smallest absolute Gasteiger partial charge is 0.293 e. The lowest BCUT2D eigenvalue weighted by molar-refractivity contribution is -0.135. The second kappa shape index (κ2) is 7.87. The van der Waals surface area contributed by atoms with Gasteiger partial charge in [-0.1, -0.05) is 52.5 Å². The number of carbonyl (C=O) groups excluding carboxylic acids is 2. The Kier molecular flexibility index (Phi) is 6.09. The molecule has 1 atom stereocenters. The molecule has 0 radical (unpaired) electrons. The van der Waals surface area contributed by atoms with Crippen molar-refractivity contribution in [2.75, 3.05) is 5.32 Å². The molecule has 2 aromatic rings. The zero-order chi connectivity index (χ0) is 17.9. The third-order valence-corrected chi connectivity index (χ3v) is 4.29. The average Bonchev–Trinajstić information content (AvgIpc) is 2.53. The van der Waals surface area contributed by atoms with Crippen LogP contribution in [-0.2, 0) is 9.59 Å². The van der Waals surface area contributed by atoms with E-state index >= 15 is 0 Å². The van der Waals surface area contributed by atoms with Crippen LogP contribution in [0.2, 0.25) is 20.1 Å². The molecule has 0 bridgehead atoms. The number of nitrogens with zero attached hydrogens (tertiary/aromatic N) is 1. The summed E-state index contributed by atoms with van der Waals surface area (Å²) >= 11 is 23.7. The van der Waals surface area contributed by atoms with Gasteiger partial charge in [-0.3, -0.25) is 9.59 Å². The fourth-order valence-electron chi connectivity index (χ4n) is 1.95. The second-order valence-electron chi connectivity index (χ2n) is 4.64. The van der Waals surface area contributed by atoms with E-state index in [-0.39, 0.29) is 26.3 Å². The van der Waals surface area contributed by atoms with Gasteiger partial charge < -0.3 is 5.32 Å². The van der Waals surface area contributed by atoms with Crippen molar-refractivity contribution in [2.45, 2.75) is 5.92 Å². The van der Waals surface area contributed by atoms with Crippen LogP contribution in [-0.4, -0.2) is 11.7 Å². The van der Waals surface area contributed by atoms with Gasteiger partial charge in [-0.25, -0.2) is 0 Å². The number of benzene rings is 2. The fraction of sp³-hybridized carbons (Fsp3) is 0.0625. The molecule has 0 aliphatic rings. The molecule has 24 heavy (non-hydrogen) atoms. The molecule has 1 N–H and O–H groups in total. The number of amides is 1. The lowest BCUT2D eigenvalue weighted by Crippen LogP contribution is -2.28. The monoisotopic (exact) mass is 400 g/mol. The van der Waals surface area contributed by atoms with Gasteiger partial charge in [0, 0.05) is 20.6 Å². The number of nitriles is 1. The molecule has 4 nitrogen and oxygen atoms in total. The van der Waals surface area contributed by atoms with Crippen molar-refractivity contribution in [1.82, 2.24) is 0 Å². The van der Waals surface area contributed by atoms with E-state index in [1.54, 1.807) is 12.1 Å². The third-order valence-electron chi connectivity index (χ3n) is 3.08. The van der Waals surface area contributed by atoms with Crippen LogP contribution >= 0.6 is 46.4 Å². The lowest BCUT2D eigenvalue weighted by Gasteiger charge is -2.13. The molecular formula is C16H8Cl4N2O2. The number of carbonyl (C=O) groups is 2. The number of halogens is 4. The number of hydrogen-bond acceptors (Lipinski definition) is 3. The van der Waals surface area contributed by atoms with Gasteiger partial charge in [0.05, 0.1) is 16.8 Å². The van der Waals surface area contributed by atoms with Crippen LogP contribution in [0.4, 0.5) is 5.69 Å². The first-order valence-corrected chi connectivity index (χ1v) is 8.00. The van der Waals surface area contributed by atoms with E-state index in [0.29, 0.717) is 5.02 Å². The molecule has 0 aliphatic carbocycles. The summed E-state index contributed by atoms with van der Waals surface area (Å²) in [6.45, 7) is 0. The first kappa shape index (κ1) is 18.6. The molecule has 2 aromatic carbocycles. The standard InChI is InChI=1S/C16H8Cl4N2O2/c17-8-4-5-13(12(20)6-8)22-16(24)15(23)9(7-21)14-10(18)2-1-3-11(14)19/h1-6,9H,(H,22,24). The van der Waals surface area contributed by atoms with Gasteiger partial charge in [-0.2, -0.15) is 5.26 Å². The number of hydrogen-bond donors (Lipinski definition) is 1. The molecule has 0 saturated heterocycles. The summed E-state index contributed by atoms with van der Waals surface area (Å²) in [5.41, 5.74) is 0.284. The zero-order valence-corrected chi connectivity index (χ0v) is 14.8. The zero-order valence-electron chi connectivity index (χ0n) is 11.8. The summed E-state index contributed by atoms with van der Waals surface area (Å²) < 4.78 is 0. The van der Waals surface area contributed by atoms with Gasteiger partial charge in [0.2, 0.25) is 5.78 Å². The highest BCUT2D eigenvalue weighted by Crippen LogP contribution is 2.32. The van der Waals surface area contributed by atoms with Crippen molar-refractivity contribution in [2.24, 2.45) is 0 Å². The molecule has 0 aromatic heterocycles. The number of Topliss-reactive ketones (excluding diaryl/α,β-unsaturated/α-hetero) is 1. The van der Waals surface area contributed by atoms with E-state index in [4.69, 9.17) is 46.4 Å². The highest BCUT2D eigenvalue weighted by molar-refractivity contribution is 6.46. The SMILES string of the molecule is N#CC(C(=O)C(=O)Nc1ccc(Cl)cc1Cl)c1c(Cl)cccc1Cl. The lowest BCUT2D eigenvalue weighted by atomic mass is 9.95. The minimum atomic E-state index is -1.43. The Hall–Kier alpha value is -1.77. The van der Waals surface area contributed by atoms with Gasteiger partial charge in [-0.05, 0) is 30.3 Å². The van der Waals surface area contributed by atoms with Crippen LogP contribution < -0.4 is 5.32 Å². The average molecular weight is 402 g/mol. The maximum Gasteiger partial charge on any atom is 0.293 e. The van der Waals surface area contributed by atoms with Crippen LogP contribution in [0.5, 0.6) is 0 Å². The van der Waals surface area contributed by atoms with Crippen molar-refractivity contribution in [3.05, 3.63) is 62.1 Å². The van der Waals surface area contributed by atoms with Crippen molar-refractivity contribution < 1.29 is 9.59 Å². The molecule has 2 rings (SSSR count). The molecule has 0 heterocycles. The molecular weight excluding hydrogens is 394 g/mol. The summed E-state index contributed by atoms with van der Waals surface area (Å²) in [7, 11) is 0. The predicted octanol–water partition coefficient (Wildman–Crippen LogP) is 5.12. The van der Waals surface area contributed by atoms with Gasteiger partial charge in [0.1, 0.15) is 5.92 Å². The van der Waals surface area contributed by atoms with Crippen LogP contribution in [0.1, 0.15) is 11.5 Å². The summed E-state index contributed by atoms with van der Waals surface area (Å²) in [6.07, 6.45) is 0. The van der Waals surface area contributed by atoms with Crippen molar-refractivity contribution in [3.8, 4) is 6.07 Å². The molecule has 0 saturated carbocycles. The van der Waals surface area contributed by atoms with Crippen molar-refractivity contribution >= 4 is 63.8 Å². The van der Waals surface area contributed by atoms with Crippen molar-refractivity contribution in [1.29, 1.82) is 5.26 Å². The second-order valence-corrected chi connectivity index (χ2v) is 6.30. The topological polar surface area (TPSA) is 70.0 Å². The Morgan fingerprint density at radius 2 is 1.62 bits per heavy atom. The maximum absolute atomic E-state index is 12.3. The van der Waals surface area contributed by atoms with Gasteiger partial charge >= 0.3 is 0 Å². The van der Waals surface area contributed by atoms with Crippen LogP contribution in [0.15, 0.2) is 36.4 Å². The molecule has 0 spiro atoms. The highest BCUT2D eigenvalue weighted by Gasteiger charge is 2.30. The minimum absolute atomic E-state index is 0.0886. The summed E-state index contributed by atoms with van der Waals surface area (Å²) in [5, 5.41) is 12.4. The summed E-state index contributed by atoms with van der Waals surface area (Å²) in [4.78, 5) is 24.5. The molecule has 1 unspecified atom stereocenters. The fourth-order valence-corrected chi connectivity index (χ4v) is 3.02. The van der Waals surface area contributed by atoms with Crippen molar-refractivity contribution in [3.63, 3.8) is 0 Å². The normalized spacial score (nSPS) is 11.5. The Bertz CT molecular complexity index is 841. The van der Waals surface area contributed by atoms with Crippen LogP contribution in [0, 0.1) is 11.3 Å². The first-order chi connectivity index (χ1) is 11.3. The number of anilines is 1. The largest absolute Gasteiger partial charge is 0.318 e. The van der Waals surface area contributed by atoms with Gasteiger partial charge in [0.15, 0.2) is 0 Å². The molecule has 0 fully saturated rings. The first-order valence-electron chi connectivity index (χ1n) is 6.49. The maximum atomic E-state index is 12.3. The van der Waals surface area contributed by atoms with E-state index in [0.717, 1.165) is 0 Å². The van der Waals surface area contributed by atoms with E-state index in [1.807, 2.05) is 0 Å². The van der Waals surface area contributed by atoms with E-state index in [2.05, 4.69) is 5.32 Å². The predicted molar refractivity (Wildman–Crippen MR) is 94.9 cm³/mol. The van der Waals surface area contributed by atoms with E-state index in [9.17, 15) is 14.9 Å². The molecule has 122 valence electrons. The van der Waals surface area contributed by atoms with E-state index < -0.39 is 17.6 Å². The quantitative estimate of drug-likeness (QED) is 0.723. The van der Waals surface area contributed by atoms with Gasteiger partial charge in [-0.15, -0.1) is 0 Å².